The third-order valence-corrected chi connectivity index (χ3v) is 3.88. The van der Waals surface area contributed by atoms with Crippen LogP contribution in [-0.2, 0) is 6.42 Å². The van der Waals surface area contributed by atoms with Crippen molar-refractivity contribution >= 4 is 23.9 Å². The van der Waals surface area contributed by atoms with E-state index in [2.05, 4.69) is 15.1 Å². The van der Waals surface area contributed by atoms with Crippen molar-refractivity contribution in [2.45, 2.75) is 13.3 Å². The fourth-order valence-electron chi connectivity index (χ4n) is 1.94. The van der Waals surface area contributed by atoms with Crippen LogP contribution in [0.15, 0.2) is 18.2 Å². The molecule has 1 aromatic heterocycles. The molecule has 106 valence electrons. The van der Waals surface area contributed by atoms with Gasteiger partial charge in [0.2, 0.25) is 0 Å². The van der Waals surface area contributed by atoms with Gasteiger partial charge in [0.15, 0.2) is 0 Å². The predicted octanol–water partition coefficient (Wildman–Crippen LogP) is 0.297. The van der Waals surface area contributed by atoms with Crippen molar-refractivity contribution in [3.8, 4) is 10.6 Å². The highest BCUT2D eigenvalue weighted by Crippen LogP contribution is 2.26. The Balaban J connectivity index is 2.38. The first kappa shape index (κ1) is 15.1. The summed E-state index contributed by atoms with van der Waals surface area (Å²) >= 11 is 1.54. The van der Waals surface area contributed by atoms with Crippen molar-refractivity contribution in [1.82, 2.24) is 15.1 Å². The van der Waals surface area contributed by atoms with Gasteiger partial charge in [-0.1, -0.05) is 29.5 Å². The highest BCUT2D eigenvalue weighted by molar-refractivity contribution is 7.14. The molecule has 0 saturated carbocycles. The van der Waals surface area contributed by atoms with Gasteiger partial charge in [0.1, 0.15) is 10.0 Å². The lowest BCUT2D eigenvalue weighted by atomic mass is 9.78. The lowest BCUT2D eigenvalue weighted by Crippen LogP contribution is -2.30. The van der Waals surface area contributed by atoms with Gasteiger partial charge in [-0.15, -0.1) is 10.2 Å². The van der Waals surface area contributed by atoms with Gasteiger partial charge in [-0.3, -0.25) is 0 Å². The van der Waals surface area contributed by atoms with Gasteiger partial charge < -0.3 is 14.9 Å². The van der Waals surface area contributed by atoms with E-state index in [0.29, 0.717) is 5.46 Å². The van der Waals surface area contributed by atoms with E-state index in [1.807, 2.05) is 33.2 Å². The van der Waals surface area contributed by atoms with Crippen LogP contribution in [0.1, 0.15) is 10.6 Å². The Kier molecular flexibility index (Phi) is 4.88. The van der Waals surface area contributed by atoms with Crippen LogP contribution in [0.5, 0.6) is 0 Å². The molecule has 0 aliphatic rings. The minimum atomic E-state index is -1.45. The fraction of sp³-hybridized carbons (Fsp3) is 0.385. The minimum Gasteiger partial charge on any atom is -0.423 e. The number of rotatable bonds is 5. The molecule has 2 rings (SSSR count). The molecule has 0 fully saturated rings. The summed E-state index contributed by atoms with van der Waals surface area (Å²) in [6.07, 6.45) is 0.821. The van der Waals surface area contributed by atoms with Gasteiger partial charge in [-0.05, 0) is 38.5 Å². The third-order valence-electron chi connectivity index (χ3n) is 3.01. The topological polar surface area (TPSA) is 69.5 Å². The van der Waals surface area contributed by atoms with Crippen molar-refractivity contribution in [2.75, 3.05) is 20.6 Å². The number of benzene rings is 1. The maximum atomic E-state index is 9.31. The Morgan fingerprint density at radius 1 is 1.25 bits per heavy atom. The number of aromatic nitrogens is 2. The van der Waals surface area contributed by atoms with E-state index in [1.165, 1.54) is 0 Å². The van der Waals surface area contributed by atoms with Crippen LogP contribution in [0, 0.1) is 6.92 Å². The summed E-state index contributed by atoms with van der Waals surface area (Å²) in [5.41, 5.74) is 2.58. The maximum absolute atomic E-state index is 9.31. The van der Waals surface area contributed by atoms with Crippen LogP contribution in [0.4, 0.5) is 0 Å². The van der Waals surface area contributed by atoms with E-state index in [-0.39, 0.29) is 0 Å². The second kappa shape index (κ2) is 6.45. The highest BCUT2D eigenvalue weighted by atomic mass is 32.1. The molecule has 2 aromatic rings. The molecule has 0 saturated heterocycles. The smallest absolute Gasteiger partial charge is 0.423 e. The molecular weight excluding hydrogens is 273 g/mol. The van der Waals surface area contributed by atoms with E-state index in [4.69, 9.17) is 0 Å². The van der Waals surface area contributed by atoms with Crippen molar-refractivity contribution in [1.29, 1.82) is 0 Å². The number of hydrogen-bond donors (Lipinski definition) is 2. The minimum absolute atomic E-state index is 0.503. The van der Waals surface area contributed by atoms with Crippen LogP contribution in [0.3, 0.4) is 0 Å². The Bertz CT molecular complexity index is 587. The average Bonchev–Trinajstić information content (AvgIpc) is 2.82. The lowest BCUT2D eigenvalue weighted by Gasteiger charge is -2.13. The summed E-state index contributed by atoms with van der Waals surface area (Å²) in [7, 11) is 2.58. The molecular formula is C13H18BN3O2S. The molecule has 0 amide bonds. The second-order valence-electron chi connectivity index (χ2n) is 4.97. The second-order valence-corrected chi connectivity index (χ2v) is 6.15. The third kappa shape index (κ3) is 3.64. The van der Waals surface area contributed by atoms with Crippen LogP contribution in [0.2, 0.25) is 0 Å². The maximum Gasteiger partial charge on any atom is 0.488 e. The van der Waals surface area contributed by atoms with Gasteiger partial charge in [0.05, 0.1) is 0 Å². The molecule has 20 heavy (non-hydrogen) atoms. The average molecular weight is 291 g/mol. The monoisotopic (exact) mass is 291 g/mol. The van der Waals surface area contributed by atoms with Crippen molar-refractivity contribution in [3.63, 3.8) is 0 Å². The molecule has 0 radical (unpaired) electrons. The lowest BCUT2D eigenvalue weighted by molar-refractivity contribution is 0.413. The molecule has 0 unspecified atom stereocenters. The van der Waals surface area contributed by atoms with E-state index in [0.717, 1.165) is 34.1 Å². The Morgan fingerprint density at radius 2 is 2.00 bits per heavy atom. The van der Waals surface area contributed by atoms with E-state index in [1.54, 1.807) is 17.4 Å². The normalized spacial score (nSPS) is 11.1. The van der Waals surface area contributed by atoms with Gasteiger partial charge in [-0.25, -0.2) is 0 Å². The van der Waals surface area contributed by atoms with Crippen LogP contribution >= 0.6 is 11.3 Å². The quantitative estimate of drug-likeness (QED) is 0.775. The summed E-state index contributed by atoms with van der Waals surface area (Å²) in [5.74, 6) is 0. The molecule has 0 atom stereocenters. The first-order valence-electron chi connectivity index (χ1n) is 6.41. The SMILES string of the molecule is Cc1nnc(-c2ccc(B(O)O)cc2CCN(C)C)s1. The zero-order valence-corrected chi connectivity index (χ0v) is 12.7. The van der Waals surface area contributed by atoms with Crippen molar-refractivity contribution in [2.24, 2.45) is 0 Å². The highest BCUT2D eigenvalue weighted by Gasteiger charge is 2.16. The van der Waals surface area contributed by atoms with Crippen LogP contribution < -0.4 is 5.46 Å². The van der Waals surface area contributed by atoms with E-state index in [9.17, 15) is 10.0 Å². The number of nitrogens with zero attached hydrogens (tertiary/aromatic N) is 3. The molecule has 0 spiro atoms. The molecule has 0 bridgehead atoms. The summed E-state index contributed by atoms with van der Waals surface area (Å²) < 4.78 is 0. The molecule has 7 heteroatoms. The van der Waals surface area contributed by atoms with Crippen molar-refractivity contribution < 1.29 is 10.0 Å². The number of aryl methyl sites for hydroxylation is 1. The first-order valence-corrected chi connectivity index (χ1v) is 7.23. The van der Waals surface area contributed by atoms with Crippen LogP contribution in [0.25, 0.3) is 10.6 Å². The largest absolute Gasteiger partial charge is 0.488 e. The number of hydrogen-bond acceptors (Lipinski definition) is 6. The molecule has 1 heterocycles. The zero-order chi connectivity index (χ0) is 14.7. The summed E-state index contributed by atoms with van der Waals surface area (Å²) in [6.45, 7) is 2.81. The van der Waals surface area contributed by atoms with Gasteiger partial charge in [0.25, 0.3) is 0 Å². The molecule has 5 nitrogen and oxygen atoms in total. The Hall–Kier alpha value is -1.28. The van der Waals surface area contributed by atoms with Gasteiger partial charge >= 0.3 is 7.12 Å². The van der Waals surface area contributed by atoms with Crippen molar-refractivity contribution in [3.05, 3.63) is 28.8 Å². The summed E-state index contributed by atoms with van der Waals surface area (Å²) in [4.78, 5) is 2.09. The van der Waals surface area contributed by atoms with E-state index < -0.39 is 7.12 Å². The molecule has 0 aliphatic carbocycles. The first-order chi connectivity index (χ1) is 9.47. The molecule has 2 N–H and O–H groups in total. The Labute approximate surface area is 123 Å². The number of likely N-dealkylation sites (N-methyl/N-ethyl adjacent to an activating group) is 1. The standard InChI is InChI=1S/C13H18BN3O2S/c1-9-15-16-13(20-9)12-5-4-11(14(18)19)8-10(12)6-7-17(2)3/h4-5,8,18-19H,6-7H2,1-3H3. The van der Waals surface area contributed by atoms with Gasteiger partial charge in [-0.2, -0.15) is 0 Å². The molecule has 0 aliphatic heterocycles. The van der Waals surface area contributed by atoms with E-state index >= 15 is 0 Å². The predicted molar refractivity (Wildman–Crippen MR) is 82.2 cm³/mol. The molecule has 1 aromatic carbocycles. The summed E-state index contributed by atoms with van der Waals surface area (Å²) in [6, 6.07) is 5.44. The zero-order valence-electron chi connectivity index (χ0n) is 11.9. The fourth-order valence-corrected chi connectivity index (χ4v) is 2.69. The van der Waals surface area contributed by atoms with Crippen LogP contribution in [-0.4, -0.2) is 52.9 Å². The Morgan fingerprint density at radius 3 is 2.55 bits per heavy atom. The van der Waals surface area contributed by atoms with Gasteiger partial charge in [0, 0.05) is 12.1 Å². The summed E-state index contributed by atoms with van der Waals surface area (Å²) in [5, 5.41) is 28.6.